The Balaban J connectivity index is 1.79. The van der Waals surface area contributed by atoms with Gasteiger partial charge in [0, 0.05) is 6.54 Å². The van der Waals surface area contributed by atoms with Crippen molar-refractivity contribution in [3.63, 3.8) is 0 Å². The number of carbonyl (C=O) groups is 3. The van der Waals surface area contributed by atoms with Crippen molar-refractivity contribution in [1.82, 2.24) is 10.6 Å². The van der Waals surface area contributed by atoms with E-state index >= 15 is 0 Å². The number of primary amides is 1. The van der Waals surface area contributed by atoms with Crippen molar-refractivity contribution in [1.29, 1.82) is 0 Å². The summed E-state index contributed by atoms with van der Waals surface area (Å²) in [6, 6.07) is 8.80. The zero-order chi connectivity index (χ0) is 19.5. The standard InChI is InChI=1S/C21H29N3O3/c22-19(25)15-18(21(27)23-14-13-17-7-2-1-3-8-17)24-20(26)12-6-11-16-9-4-5-10-16/h1-3,6-8,12,16,18H,4-5,9-11,13-15H2,(H2,22,25)(H,23,27)(H,24,26)/t18-/m1/s1. The Morgan fingerprint density at radius 2 is 1.85 bits per heavy atom. The minimum absolute atomic E-state index is 0.223. The molecule has 1 aliphatic rings. The van der Waals surface area contributed by atoms with Crippen LogP contribution in [-0.2, 0) is 20.8 Å². The first kappa shape index (κ1) is 20.7. The van der Waals surface area contributed by atoms with E-state index in [1.807, 2.05) is 36.4 Å². The number of hydrogen-bond donors (Lipinski definition) is 3. The van der Waals surface area contributed by atoms with Crippen LogP contribution in [0.1, 0.15) is 44.1 Å². The van der Waals surface area contributed by atoms with Crippen LogP contribution >= 0.6 is 0 Å². The summed E-state index contributed by atoms with van der Waals surface area (Å²) in [5.74, 6) is -0.759. The Labute approximate surface area is 160 Å². The predicted molar refractivity (Wildman–Crippen MR) is 105 cm³/mol. The summed E-state index contributed by atoms with van der Waals surface area (Å²) in [5.41, 5.74) is 6.32. The minimum atomic E-state index is -0.957. The molecule has 3 amide bonds. The van der Waals surface area contributed by atoms with Crippen LogP contribution in [0.5, 0.6) is 0 Å². The second-order valence-corrected chi connectivity index (χ2v) is 7.05. The van der Waals surface area contributed by atoms with Gasteiger partial charge in [0.15, 0.2) is 0 Å². The second-order valence-electron chi connectivity index (χ2n) is 7.05. The maximum Gasteiger partial charge on any atom is 0.244 e. The molecule has 6 nitrogen and oxygen atoms in total. The number of nitrogens with one attached hydrogen (secondary N) is 2. The number of benzene rings is 1. The lowest BCUT2D eigenvalue weighted by atomic mass is 10.0. The normalized spacial score (nSPS) is 15.6. The van der Waals surface area contributed by atoms with Crippen LogP contribution in [0.25, 0.3) is 0 Å². The van der Waals surface area contributed by atoms with E-state index in [1.165, 1.54) is 31.8 Å². The van der Waals surface area contributed by atoms with Gasteiger partial charge in [-0.15, -0.1) is 0 Å². The monoisotopic (exact) mass is 371 g/mol. The van der Waals surface area contributed by atoms with Gasteiger partial charge in [-0.1, -0.05) is 62.1 Å². The molecule has 2 rings (SSSR count). The molecule has 1 aromatic rings. The number of hydrogen-bond acceptors (Lipinski definition) is 3. The van der Waals surface area contributed by atoms with Gasteiger partial charge in [-0.2, -0.15) is 0 Å². The molecule has 0 aliphatic heterocycles. The van der Waals surface area contributed by atoms with Gasteiger partial charge in [0.05, 0.1) is 6.42 Å². The van der Waals surface area contributed by atoms with Crippen molar-refractivity contribution in [3.05, 3.63) is 48.0 Å². The molecule has 1 aliphatic carbocycles. The van der Waals surface area contributed by atoms with Gasteiger partial charge in [0.2, 0.25) is 17.7 Å². The molecular formula is C21H29N3O3. The summed E-state index contributed by atoms with van der Waals surface area (Å²) in [6.07, 6.45) is 9.55. The van der Waals surface area contributed by atoms with Crippen LogP contribution in [0.4, 0.5) is 0 Å². The van der Waals surface area contributed by atoms with Crippen molar-refractivity contribution in [2.24, 2.45) is 11.7 Å². The van der Waals surface area contributed by atoms with E-state index < -0.39 is 17.9 Å². The van der Waals surface area contributed by atoms with Gasteiger partial charge >= 0.3 is 0 Å². The third-order valence-corrected chi connectivity index (χ3v) is 4.81. The molecule has 0 radical (unpaired) electrons. The zero-order valence-electron chi connectivity index (χ0n) is 15.7. The van der Waals surface area contributed by atoms with Crippen molar-refractivity contribution >= 4 is 17.7 Å². The Hall–Kier alpha value is -2.63. The van der Waals surface area contributed by atoms with Crippen molar-refractivity contribution in [3.8, 4) is 0 Å². The molecule has 1 fully saturated rings. The molecule has 27 heavy (non-hydrogen) atoms. The van der Waals surface area contributed by atoms with Crippen LogP contribution in [0.2, 0.25) is 0 Å². The molecule has 1 aromatic carbocycles. The fraction of sp³-hybridized carbons (Fsp3) is 0.476. The van der Waals surface area contributed by atoms with E-state index in [0.717, 1.165) is 12.0 Å². The highest BCUT2D eigenvalue weighted by molar-refractivity contribution is 5.95. The summed E-state index contributed by atoms with van der Waals surface area (Å²) in [7, 11) is 0. The molecule has 0 bridgehead atoms. The first-order valence-corrected chi connectivity index (χ1v) is 9.61. The average Bonchev–Trinajstić information content (AvgIpc) is 3.15. The van der Waals surface area contributed by atoms with Gasteiger partial charge in [-0.3, -0.25) is 14.4 Å². The third-order valence-electron chi connectivity index (χ3n) is 4.81. The minimum Gasteiger partial charge on any atom is -0.370 e. The van der Waals surface area contributed by atoms with Crippen LogP contribution in [-0.4, -0.2) is 30.3 Å². The molecule has 146 valence electrons. The molecule has 0 saturated heterocycles. The summed E-state index contributed by atoms with van der Waals surface area (Å²) in [5, 5.41) is 5.34. The summed E-state index contributed by atoms with van der Waals surface area (Å²) < 4.78 is 0. The topological polar surface area (TPSA) is 101 Å². The van der Waals surface area contributed by atoms with Crippen LogP contribution in [0.15, 0.2) is 42.5 Å². The van der Waals surface area contributed by atoms with Crippen molar-refractivity contribution in [2.75, 3.05) is 6.54 Å². The van der Waals surface area contributed by atoms with E-state index in [2.05, 4.69) is 10.6 Å². The highest BCUT2D eigenvalue weighted by atomic mass is 16.2. The second kappa shape index (κ2) is 11.2. The number of amides is 3. The summed E-state index contributed by atoms with van der Waals surface area (Å²) >= 11 is 0. The Kier molecular flexibility index (Phi) is 8.55. The quantitative estimate of drug-likeness (QED) is 0.547. The largest absolute Gasteiger partial charge is 0.370 e. The van der Waals surface area contributed by atoms with Gasteiger partial charge in [0.1, 0.15) is 6.04 Å². The Morgan fingerprint density at radius 1 is 1.15 bits per heavy atom. The molecule has 1 atom stereocenters. The Bertz CT molecular complexity index is 652. The van der Waals surface area contributed by atoms with Crippen LogP contribution in [0, 0.1) is 5.92 Å². The molecule has 0 heterocycles. The Morgan fingerprint density at radius 3 is 2.52 bits per heavy atom. The molecule has 6 heteroatoms. The molecule has 0 spiro atoms. The van der Waals surface area contributed by atoms with Gasteiger partial charge in [-0.25, -0.2) is 0 Å². The summed E-state index contributed by atoms with van der Waals surface area (Å²) in [4.78, 5) is 35.7. The van der Waals surface area contributed by atoms with E-state index in [1.54, 1.807) is 0 Å². The number of rotatable bonds is 10. The number of allylic oxidation sites excluding steroid dienone is 1. The molecule has 0 unspecified atom stereocenters. The first-order chi connectivity index (χ1) is 13.0. The van der Waals surface area contributed by atoms with Crippen LogP contribution in [0.3, 0.4) is 0 Å². The van der Waals surface area contributed by atoms with Crippen LogP contribution < -0.4 is 16.4 Å². The average molecular weight is 371 g/mol. The molecule has 1 saturated carbocycles. The fourth-order valence-electron chi connectivity index (χ4n) is 3.34. The smallest absolute Gasteiger partial charge is 0.244 e. The van der Waals surface area contributed by atoms with Crippen molar-refractivity contribution < 1.29 is 14.4 Å². The van der Waals surface area contributed by atoms with Crippen molar-refractivity contribution in [2.45, 2.75) is 51.0 Å². The fourth-order valence-corrected chi connectivity index (χ4v) is 3.34. The van der Waals surface area contributed by atoms with E-state index in [9.17, 15) is 14.4 Å². The molecule has 0 aromatic heterocycles. The predicted octanol–water partition coefficient (Wildman–Crippen LogP) is 1.84. The summed E-state index contributed by atoms with van der Waals surface area (Å²) in [6.45, 7) is 0.422. The lowest BCUT2D eigenvalue weighted by Gasteiger charge is -2.16. The zero-order valence-corrected chi connectivity index (χ0v) is 15.7. The molecule has 4 N–H and O–H groups in total. The van der Waals surface area contributed by atoms with Gasteiger partial charge in [0.25, 0.3) is 0 Å². The first-order valence-electron chi connectivity index (χ1n) is 9.61. The highest BCUT2D eigenvalue weighted by Gasteiger charge is 2.22. The highest BCUT2D eigenvalue weighted by Crippen LogP contribution is 2.27. The lowest BCUT2D eigenvalue weighted by Crippen LogP contribution is -2.48. The number of nitrogens with two attached hydrogens (primary N) is 1. The van der Waals surface area contributed by atoms with E-state index in [0.29, 0.717) is 18.9 Å². The maximum absolute atomic E-state index is 12.3. The van der Waals surface area contributed by atoms with Gasteiger partial charge in [-0.05, 0) is 30.4 Å². The third kappa shape index (κ3) is 8.07. The molecular weight excluding hydrogens is 342 g/mol. The number of carbonyl (C=O) groups excluding carboxylic acids is 3. The van der Waals surface area contributed by atoms with Gasteiger partial charge < -0.3 is 16.4 Å². The van der Waals surface area contributed by atoms with E-state index in [4.69, 9.17) is 5.73 Å². The maximum atomic E-state index is 12.3. The SMILES string of the molecule is NC(=O)C[C@@H](NC(=O)C=CCC1CCCC1)C(=O)NCCc1ccccc1. The lowest BCUT2D eigenvalue weighted by molar-refractivity contribution is -0.129. The van der Waals surface area contributed by atoms with E-state index in [-0.39, 0.29) is 12.3 Å².